The normalized spacial score (nSPS) is 18.1. The molecule has 0 spiro atoms. The first-order chi connectivity index (χ1) is 6.68. The largest absolute Gasteiger partial charge is 0.366 e. The third kappa shape index (κ3) is 2.07. The molecule has 3 N–H and O–H groups in total. The molecule has 1 aliphatic rings. The van der Waals surface area contributed by atoms with Gasteiger partial charge in [0.05, 0.1) is 4.47 Å². The minimum Gasteiger partial charge on any atom is -0.366 e. The lowest BCUT2D eigenvalue weighted by Crippen LogP contribution is -2.21. The van der Waals surface area contributed by atoms with Crippen LogP contribution in [0.4, 0.5) is 0 Å². The minimum absolute atomic E-state index is 0.0110. The fourth-order valence-corrected chi connectivity index (χ4v) is 1.95. The highest BCUT2D eigenvalue weighted by molar-refractivity contribution is 9.10. The Labute approximate surface area is 90.8 Å². The number of pyridine rings is 1. The number of nitrogens with one attached hydrogen (secondary N) is 1. The Bertz CT molecular complexity index is 384. The van der Waals surface area contributed by atoms with E-state index in [1.165, 1.54) is 12.8 Å². The maximum atomic E-state index is 11.7. The van der Waals surface area contributed by atoms with Gasteiger partial charge in [-0.25, -0.2) is 0 Å². The molecule has 1 aromatic heterocycles. The number of hydrogen-bond donors (Lipinski definition) is 2. The molecule has 1 aliphatic carbocycles. The van der Waals surface area contributed by atoms with Crippen molar-refractivity contribution in [2.24, 2.45) is 11.7 Å². The van der Waals surface area contributed by atoms with E-state index in [0.29, 0.717) is 10.0 Å². The highest BCUT2D eigenvalue weighted by Gasteiger charge is 2.25. The predicted molar refractivity (Wildman–Crippen MR) is 59.0 cm³/mol. The van der Waals surface area contributed by atoms with Crippen LogP contribution < -0.4 is 11.2 Å². The molecule has 2 rings (SSSR count). The van der Waals surface area contributed by atoms with Gasteiger partial charge in [0.15, 0.2) is 5.43 Å². The first-order valence-electron chi connectivity index (χ1n) is 4.80. The molecule has 0 aliphatic heterocycles. The number of aromatic nitrogens is 1. The Kier molecular flexibility index (Phi) is 2.74. The monoisotopic (exact) mass is 256 g/mol. The van der Waals surface area contributed by atoms with Gasteiger partial charge in [0.2, 0.25) is 0 Å². The molecule has 1 saturated carbocycles. The molecule has 3 nitrogen and oxygen atoms in total. The van der Waals surface area contributed by atoms with E-state index in [2.05, 4.69) is 20.9 Å². The van der Waals surface area contributed by atoms with E-state index in [1.54, 1.807) is 12.4 Å². The second kappa shape index (κ2) is 3.87. The molecule has 14 heavy (non-hydrogen) atoms. The van der Waals surface area contributed by atoms with E-state index in [-0.39, 0.29) is 11.5 Å². The van der Waals surface area contributed by atoms with Crippen LogP contribution in [0, 0.1) is 5.92 Å². The van der Waals surface area contributed by atoms with Gasteiger partial charge in [0.25, 0.3) is 0 Å². The van der Waals surface area contributed by atoms with Crippen molar-refractivity contribution >= 4 is 15.9 Å². The Balaban J connectivity index is 2.21. The van der Waals surface area contributed by atoms with Crippen LogP contribution in [0.15, 0.2) is 21.7 Å². The number of hydrogen-bond acceptors (Lipinski definition) is 2. The second-order valence-corrected chi connectivity index (χ2v) is 4.73. The highest BCUT2D eigenvalue weighted by Crippen LogP contribution is 2.36. The third-order valence-electron chi connectivity index (χ3n) is 2.61. The first kappa shape index (κ1) is 9.93. The fraction of sp³-hybridized carbons (Fsp3) is 0.500. The van der Waals surface area contributed by atoms with Crippen molar-refractivity contribution in [1.29, 1.82) is 0 Å². The molecule has 1 fully saturated rings. The lowest BCUT2D eigenvalue weighted by atomic mass is 10.0. The van der Waals surface area contributed by atoms with Gasteiger partial charge >= 0.3 is 0 Å². The summed E-state index contributed by atoms with van der Waals surface area (Å²) >= 11 is 3.20. The van der Waals surface area contributed by atoms with Gasteiger partial charge in [0, 0.05) is 24.0 Å². The van der Waals surface area contributed by atoms with E-state index < -0.39 is 0 Å². The number of H-pyrrole nitrogens is 1. The molecule has 1 atom stereocenters. The standard InChI is InChI=1S/C10H13BrN2O/c11-8-5-13-4-7(10(8)14)9(12)3-6-1-2-6/h4-6,9H,1-3,12H2,(H,13,14). The molecule has 0 saturated heterocycles. The summed E-state index contributed by atoms with van der Waals surface area (Å²) in [7, 11) is 0. The predicted octanol–water partition coefficient (Wildman–Crippen LogP) is 1.94. The lowest BCUT2D eigenvalue weighted by Gasteiger charge is -2.10. The van der Waals surface area contributed by atoms with E-state index in [4.69, 9.17) is 5.73 Å². The summed E-state index contributed by atoms with van der Waals surface area (Å²) in [6, 6.07) is -0.122. The van der Waals surface area contributed by atoms with Gasteiger partial charge in [-0.05, 0) is 28.3 Å². The zero-order valence-corrected chi connectivity index (χ0v) is 9.38. The summed E-state index contributed by atoms with van der Waals surface area (Å²) in [4.78, 5) is 14.6. The van der Waals surface area contributed by atoms with Crippen molar-refractivity contribution in [2.75, 3.05) is 0 Å². The van der Waals surface area contributed by atoms with E-state index in [9.17, 15) is 4.79 Å². The zero-order chi connectivity index (χ0) is 10.1. The van der Waals surface area contributed by atoms with Gasteiger partial charge in [-0.2, -0.15) is 0 Å². The second-order valence-electron chi connectivity index (χ2n) is 3.87. The van der Waals surface area contributed by atoms with Crippen LogP contribution in [0.1, 0.15) is 30.9 Å². The molecule has 0 amide bonds. The van der Waals surface area contributed by atoms with Gasteiger partial charge < -0.3 is 10.7 Å². The van der Waals surface area contributed by atoms with Crippen LogP contribution in [0.3, 0.4) is 0 Å². The van der Waals surface area contributed by atoms with Crippen molar-refractivity contribution in [2.45, 2.75) is 25.3 Å². The van der Waals surface area contributed by atoms with Crippen molar-refractivity contribution in [3.05, 3.63) is 32.7 Å². The molecule has 0 bridgehead atoms. The van der Waals surface area contributed by atoms with Crippen LogP contribution >= 0.6 is 15.9 Å². The summed E-state index contributed by atoms with van der Waals surface area (Å²) in [5.74, 6) is 0.739. The number of nitrogens with two attached hydrogens (primary N) is 1. The average Bonchev–Trinajstić information content (AvgIpc) is 2.93. The molecular weight excluding hydrogens is 244 g/mol. The van der Waals surface area contributed by atoms with Crippen LogP contribution in [-0.4, -0.2) is 4.98 Å². The van der Waals surface area contributed by atoms with Gasteiger partial charge in [-0.15, -0.1) is 0 Å². The molecule has 1 unspecified atom stereocenters. The summed E-state index contributed by atoms with van der Waals surface area (Å²) < 4.78 is 0.557. The minimum atomic E-state index is -0.122. The Morgan fingerprint density at radius 1 is 1.57 bits per heavy atom. The maximum Gasteiger partial charge on any atom is 0.200 e. The smallest absolute Gasteiger partial charge is 0.200 e. The lowest BCUT2D eigenvalue weighted by molar-refractivity contribution is 0.592. The summed E-state index contributed by atoms with van der Waals surface area (Å²) in [5.41, 5.74) is 6.66. The average molecular weight is 257 g/mol. The first-order valence-corrected chi connectivity index (χ1v) is 5.60. The molecule has 0 radical (unpaired) electrons. The number of halogens is 1. The van der Waals surface area contributed by atoms with Crippen LogP contribution in [0.2, 0.25) is 0 Å². The Morgan fingerprint density at radius 2 is 2.29 bits per heavy atom. The summed E-state index contributed by atoms with van der Waals surface area (Å²) in [6.45, 7) is 0. The van der Waals surface area contributed by atoms with Gasteiger partial charge in [-0.3, -0.25) is 4.79 Å². The molecular formula is C10H13BrN2O. The molecule has 1 aromatic rings. The molecule has 4 heteroatoms. The van der Waals surface area contributed by atoms with Crippen LogP contribution in [-0.2, 0) is 0 Å². The summed E-state index contributed by atoms with van der Waals surface area (Å²) in [5, 5.41) is 0. The quantitative estimate of drug-likeness (QED) is 0.869. The molecule has 1 heterocycles. The van der Waals surface area contributed by atoms with Crippen molar-refractivity contribution in [3.8, 4) is 0 Å². The van der Waals surface area contributed by atoms with Gasteiger partial charge in [0.1, 0.15) is 0 Å². The van der Waals surface area contributed by atoms with Crippen molar-refractivity contribution in [1.82, 2.24) is 4.98 Å². The summed E-state index contributed by atoms with van der Waals surface area (Å²) in [6.07, 6.45) is 6.80. The number of rotatable bonds is 3. The Morgan fingerprint density at radius 3 is 2.93 bits per heavy atom. The molecule has 0 aromatic carbocycles. The SMILES string of the molecule is NC(CC1CC1)c1c[nH]cc(Br)c1=O. The molecule has 76 valence electrons. The van der Waals surface area contributed by atoms with Crippen LogP contribution in [0.5, 0.6) is 0 Å². The zero-order valence-electron chi connectivity index (χ0n) is 7.79. The Hall–Kier alpha value is -0.610. The van der Waals surface area contributed by atoms with Crippen molar-refractivity contribution < 1.29 is 0 Å². The maximum absolute atomic E-state index is 11.7. The fourth-order valence-electron chi connectivity index (χ4n) is 1.59. The third-order valence-corrected chi connectivity index (χ3v) is 3.20. The van der Waals surface area contributed by atoms with Gasteiger partial charge in [-0.1, -0.05) is 12.8 Å². The van der Waals surface area contributed by atoms with Crippen molar-refractivity contribution in [3.63, 3.8) is 0 Å². The van der Waals surface area contributed by atoms with Crippen LogP contribution in [0.25, 0.3) is 0 Å². The topological polar surface area (TPSA) is 58.9 Å². The highest BCUT2D eigenvalue weighted by atomic mass is 79.9. The van der Waals surface area contributed by atoms with E-state index >= 15 is 0 Å². The number of aromatic amines is 1. The van der Waals surface area contributed by atoms with E-state index in [1.807, 2.05) is 0 Å². The van der Waals surface area contributed by atoms with E-state index in [0.717, 1.165) is 12.3 Å².